The van der Waals surface area contributed by atoms with Gasteiger partial charge in [-0.1, -0.05) is 6.42 Å². The molecule has 1 rings (SSSR count). The number of ether oxygens (including phenoxy) is 2. The van der Waals surface area contributed by atoms with E-state index in [4.69, 9.17) is 9.47 Å². The molecule has 0 radical (unpaired) electrons. The van der Waals surface area contributed by atoms with E-state index in [9.17, 15) is 5.26 Å². The summed E-state index contributed by atoms with van der Waals surface area (Å²) in [4.78, 5) is 0. The van der Waals surface area contributed by atoms with Gasteiger partial charge in [-0.15, -0.1) is 0 Å². The summed E-state index contributed by atoms with van der Waals surface area (Å²) in [7, 11) is 1.68. The van der Waals surface area contributed by atoms with E-state index in [0.717, 1.165) is 25.7 Å². The van der Waals surface area contributed by atoms with Crippen LogP contribution in [-0.2, 0) is 9.47 Å². The van der Waals surface area contributed by atoms with Crippen LogP contribution in [0, 0.1) is 17.2 Å². The third-order valence-corrected chi connectivity index (χ3v) is 3.84. The summed E-state index contributed by atoms with van der Waals surface area (Å²) in [5.41, 5.74) is -0.345. The molecule has 0 bridgehead atoms. The number of nitrogens with one attached hydrogen (secondary N) is 1. The first-order chi connectivity index (χ1) is 9.04. The zero-order chi connectivity index (χ0) is 14.3. The van der Waals surface area contributed by atoms with Crippen molar-refractivity contribution >= 4 is 0 Å². The number of hydrogen-bond acceptors (Lipinski definition) is 4. The second kappa shape index (κ2) is 7.84. The Kier molecular flexibility index (Phi) is 6.78. The van der Waals surface area contributed by atoms with Crippen molar-refractivity contribution in [3.63, 3.8) is 0 Å². The molecule has 1 N–H and O–H groups in total. The molecule has 3 atom stereocenters. The molecule has 0 aromatic rings. The highest BCUT2D eigenvalue weighted by molar-refractivity contribution is 5.14. The molecule has 110 valence electrons. The van der Waals surface area contributed by atoms with E-state index in [2.05, 4.69) is 25.2 Å². The van der Waals surface area contributed by atoms with Crippen LogP contribution in [0.4, 0.5) is 0 Å². The maximum Gasteiger partial charge on any atom is 0.109 e. The zero-order valence-electron chi connectivity index (χ0n) is 12.7. The maximum atomic E-state index is 9.56. The topological polar surface area (TPSA) is 54.3 Å². The van der Waals surface area contributed by atoms with Gasteiger partial charge in [0.25, 0.3) is 0 Å². The van der Waals surface area contributed by atoms with Crippen LogP contribution >= 0.6 is 0 Å². The summed E-state index contributed by atoms with van der Waals surface area (Å²) in [5.74, 6) is 0.398. The van der Waals surface area contributed by atoms with Gasteiger partial charge in [-0.2, -0.15) is 5.26 Å². The van der Waals surface area contributed by atoms with E-state index in [-0.39, 0.29) is 11.6 Å². The summed E-state index contributed by atoms with van der Waals surface area (Å²) in [6, 6.07) is 2.87. The van der Waals surface area contributed by atoms with Crippen molar-refractivity contribution in [2.24, 2.45) is 5.92 Å². The smallest absolute Gasteiger partial charge is 0.109 e. The van der Waals surface area contributed by atoms with E-state index in [1.807, 2.05) is 6.92 Å². The quantitative estimate of drug-likeness (QED) is 0.735. The summed E-state index contributed by atoms with van der Waals surface area (Å²) in [5, 5.41) is 13.0. The minimum atomic E-state index is -0.345. The monoisotopic (exact) mass is 268 g/mol. The SMILES string of the molecule is COCC(C)OCCC1CCCC1(C#N)NC(C)C. The molecule has 4 heteroatoms. The molecule has 0 spiro atoms. The van der Waals surface area contributed by atoms with Crippen molar-refractivity contribution < 1.29 is 9.47 Å². The second-order valence-electron chi connectivity index (χ2n) is 5.90. The lowest BCUT2D eigenvalue weighted by Gasteiger charge is -2.32. The molecule has 0 amide bonds. The number of methoxy groups -OCH3 is 1. The van der Waals surface area contributed by atoms with Gasteiger partial charge in [0.05, 0.1) is 18.8 Å². The average Bonchev–Trinajstić information content (AvgIpc) is 2.72. The summed E-state index contributed by atoms with van der Waals surface area (Å²) in [6.07, 6.45) is 4.28. The molecular weight excluding hydrogens is 240 g/mol. The lowest BCUT2D eigenvalue weighted by atomic mass is 9.85. The Morgan fingerprint density at radius 2 is 2.16 bits per heavy atom. The van der Waals surface area contributed by atoms with Crippen molar-refractivity contribution in [1.29, 1.82) is 5.26 Å². The van der Waals surface area contributed by atoms with E-state index in [1.165, 1.54) is 0 Å². The normalized spacial score (nSPS) is 28.5. The van der Waals surface area contributed by atoms with Gasteiger partial charge in [-0.3, -0.25) is 5.32 Å². The highest BCUT2D eigenvalue weighted by atomic mass is 16.5. The molecule has 3 unspecified atom stereocenters. The Hall–Kier alpha value is -0.630. The van der Waals surface area contributed by atoms with Crippen molar-refractivity contribution in [3.05, 3.63) is 0 Å². The Bertz CT molecular complexity index is 301. The number of rotatable bonds is 8. The largest absolute Gasteiger partial charge is 0.382 e. The molecule has 0 saturated heterocycles. The Balaban J connectivity index is 2.45. The highest BCUT2D eigenvalue weighted by Crippen LogP contribution is 2.38. The van der Waals surface area contributed by atoms with Crippen molar-refractivity contribution in [1.82, 2.24) is 5.32 Å². The fourth-order valence-corrected chi connectivity index (χ4v) is 3.05. The predicted molar refractivity (Wildman–Crippen MR) is 75.9 cm³/mol. The van der Waals surface area contributed by atoms with Gasteiger partial charge in [0, 0.05) is 19.8 Å². The van der Waals surface area contributed by atoms with Crippen LogP contribution in [0.15, 0.2) is 0 Å². The minimum Gasteiger partial charge on any atom is -0.382 e. The summed E-state index contributed by atoms with van der Waals surface area (Å²) >= 11 is 0. The van der Waals surface area contributed by atoms with Gasteiger partial charge >= 0.3 is 0 Å². The first kappa shape index (κ1) is 16.4. The molecule has 4 nitrogen and oxygen atoms in total. The average molecular weight is 268 g/mol. The first-order valence-corrected chi connectivity index (χ1v) is 7.33. The van der Waals surface area contributed by atoms with Crippen molar-refractivity contribution in [2.45, 2.75) is 64.1 Å². The van der Waals surface area contributed by atoms with Gasteiger partial charge in [0.15, 0.2) is 0 Å². The van der Waals surface area contributed by atoms with E-state index >= 15 is 0 Å². The van der Waals surface area contributed by atoms with Gasteiger partial charge in [0.1, 0.15) is 5.54 Å². The molecule has 0 aliphatic heterocycles. The Morgan fingerprint density at radius 3 is 2.74 bits per heavy atom. The van der Waals surface area contributed by atoms with E-state index in [0.29, 0.717) is 25.2 Å². The predicted octanol–water partition coefficient (Wildman–Crippen LogP) is 2.49. The number of nitriles is 1. The van der Waals surface area contributed by atoms with Crippen LogP contribution in [0.1, 0.15) is 46.5 Å². The maximum absolute atomic E-state index is 9.56. The van der Waals surface area contributed by atoms with E-state index in [1.54, 1.807) is 7.11 Å². The number of hydrogen-bond donors (Lipinski definition) is 1. The van der Waals surface area contributed by atoms with E-state index < -0.39 is 0 Å². The molecule has 1 saturated carbocycles. The number of nitrogens with zero attached hydrogens (tertiary/aromatic N) is 1. The lowest BCUT2D eigenvalue weighted by molar-refractivity contribution is 0.00166. The fraction of sp³-hybridized carbons (Fsp3) is 0.933. The summed E-state index contributed by atoms with van der Waals surface area (Å²) < 4.78 is 10.8. The van der Waals surface area contributed by atoms with Gasteiger partial charge in [0.2, 0.25) is 0 Å². The van der Waals surface area contributed by atoms with Crippen LogP contribution in [0.25, 0.3) is 0 Å². The second-order valence-corrected chi connectivity index (χ2v) is 5.90. The van der Waals surface area contributed by atoms with Gasteiger partial charge in [-0.05, 0) is 46.0 Å². The van der Waals surface area contributed by atoms with Crippen LogP contribution in [0.2, 0.25) is 0 Å². The third kappa shape index (κ3) is 4.76. The fourth-order valence-electron chi connectivity index (χ4n) is 3.05. The zero-order valence-corrected chi connectivity index (χ0v) is 12.7. The van der Waals surface area contributed by atoms with Crippen LogP contribution in [0.5, 0.6) is 0 Å². The molecule has 19 heavy (non-hydrogen) atoms. The first-order valence-electron chi connectivity index (χ1n) is 7.33. The molecule has 0 aromatic heterocycles. The van der Waals surface area contributed by atoms with Crippen molar-refractivity contribution in [2.75, 3.05) is 20.3 Å². The third-order valence-electron chi connectivity index (χ3n) is 3.84. The standard InChI is InChI=1S/C15H28N2O2/c1-12(2)17-15(11-16)8-5-6-14(15)7-9-19-13(3)10-18-4/h12-14,17H,5-10H2,1-4H3. The molecule has 0 heterocycles. The van der Waals surface area contributed by atoms with Gasteiger partial charge in [-0.25, -0.2) is 0 Å². The van der Waals surface area contributed by atoms with Crippen molar-refractivity contribution in [3.8, 4) is 6.07 Å². The van der Waals surface area contributed by atoms with Crippen LogP contribution in [-0.4, -0.2) is 38.0 Å². The molecule has 1 aliphatic rings. The van der Waals surface area contributed by atoms with Gasteiger partial charge < -0.3 is 9.47 Å². The molecule has 1 fully saturated rings. The minimum absolute atomic E-state index is 0.126. The molecule has 0 aromatic carbocycles. The molecule has 1 aliphatic carbocycles. The van der Waals surface area contributed by atoms with Crippen LogP contribution in [0.3, 0.4) is 0 Å². The summed E-state index contributed by atoms with van der Waals surface area (Å²) in [6.45, 7) is 7.55. The molecular formula is C15H28N2O2. The Labute approximate surface area is 117 Å². The Morgan fingerprint density at radius 1 is 1.42 bits per heavy atom. The van der Waals surface area contributed by atoms with Crippen LogP contribution < -0.4 is 5.32 Å². The lowest BCUT2D eigenvalue weighted by Crippen LogP contribution is -2.50. The highest BCUT2D eigenvalue weighted by Gasteiger charge is 2.43.